The lowest BCUT2D eigenvalue weighted by Gasteiger charge is -2.14. The van der Waals surface area contributed by atoms with Gasteiger partial charge in [0.05, 0.1) is 0 Å². The molecule has 23 heavy (non-hydrogen) atoms. The quantitative estimate of drug-likeness (QED) is 0.434. The Labute approximate surface area is 140 Å². The summed E-state index contributed by atoms with van der Waals surface area (Å²) < 4.78 is 0. The van der Waals surface area contributed by atoms with E-state index in [0.717, 1.165) is 54.6 Å². The van der Waals surface area contributed by atoms with E-state index < -0.39 is 0 Å². The van der Waals surface area contributed by atoms with Crippen LogP contribution < -0.4 is 11.1 Å². The Bertz CT molecular complexity index is 695. The fourth-order valence-corrected chi connectivity index (χ4v) is 2.88. The number of unbranched alkanes of at least 4 members (excludes halogenated alkanes) is 1. The maximum Gasteiger partial charge on any atom is 0.0420 e. The van der Waals surface area contributed by atoms with Crippen LogP contribution >= 0.6 is 0 Å². The van der Waals surface area contributed by atoms with Crippen LogP contribution in [-0.4, -0.2) is 7.05 Å². The monoisotopic (exact) mass is 306 g/mol. The predicted octanol–water partition coefficient (Wildman–Crippen LogP) is 4.89. The fraction of sp³-hybridized carbons (Fsp3) is 0.333. The van der Waals surface area contributed by atoms with Crippen molar-refractivity contribution in [1.29, 1.82) is 0 Å². The summed E-state index contributed by atoms with van der Waals surface area (Å²) in [6.07, 6.45) is 10.4. The highest BCUT2D eigenvalue weighted by atomic mass is 14.8. The van der Waals surface area contributed by atoms with Crippen LogP contribution in [0.15, 0.2) is 36.4 Å². The molecular weight excluding hydrogens is 280 g/mol. The van der Waals surface area contributed by atoms with Gasteiger partial charge in [-0.25, -0.2) is 0 Å². The highest BCUT2D eigenvalue weighted by molar-refractivity contribution is 5.85. The first-order chi connectivity index (χ1) is 11.2. The summed E-state index contributed by atoms with van der Waals surface area (Å²) >= 11 is 0. The molecule has 2 aromatic carbocycles. The van der Waals surface area contributed by atoms with Crippen LogP contribution in [-0.2, 0) is 12.8 Å². The summed E-state index contributed by atoms with van der Waals surface area (Å²) in [4.78, 5) is 0. The summed E-state index contributed by atoms with van der Waals surface area (Å²) in [6.45, 7) is 2.18. The Morgan fingerprint density at radius 3 is 2.35 bits per heavy atom. The first kappa shape index (κ1) is 17.0. The molecule has 0 aliphatic rings. The average Bonchev–Trinajstić information content (AvgIpc) is 2.56. The Morgan fingerprint density at radius 2 is 1.74 bits per heavy atom. The Morgan fingerprint density at radius 1 is 1.04 bits per heavy atom. The SMILES string of the molecule is C#CCCCc1ccc(-c2ccc(CCC)cc2N)c(NC)c1. The number of aryl methyl sites for hydroxylation is 2. The van der Waals surface area contributed by atoms with Gasteiger partial charge in [0.15, 0.2) is 0 Å². The van der Waals surface area contributed by atoms with E-state index in [1.165, 1.54) is 11.1 Å². The molecule has 2 rings (SSSR count). The molecule has 0 saturated carbocycles. The lowest BCUT2D eigenvalue weighted by molar-refractivity contribution is 0.858. The number of hydrogen-bond acceptors (Lipinski definition) is 2. The Hall–Kier alpha value is -2.40. The topological polar surface area (TPSA) is 38.0 Å². The predicted molar refractivity (Wildman–Crippen MR) is 102 cm³/mol. The molecule has 0 heterocycles. The van der Waals surface area contributed by atoms with E-state index in [9.17, 15) is 0 Å². The Kier molecular flexibility index (Phi) is 6.11. The normalized spacial score (nSPS) is 10.3. The molecule has 0 saturated heterocycles. The van der Waals surface area contributed by atoms with Gasteiger partial charge in [-0.05, 0) is 42.5 Å². The fourth-order valence-electron chi connectivity index (χ4n) is 2.88. The summed E-state index contributed by atoms with van der Waals surface area (Å²) in [5, 5.41) is 3.30. The van der Waals surface area contributed by atoms with Gasteiger partial charge in [-0.1, -0.05) is 37.6 Å². The molecule has 2 aromatic rings. The van der Waals surface area contributed by atoms with Crippen LogP contribution in [0.4, 0.5) is 11.4 Å². The van der Waals surface area contributed by atoms with Gasteiger partial charge in [0.2, 0.25) is 0 Å². The number of anilines is 2. The first-order valence-corrected chi connectivity index (χ1v) is 8.32. The molecule has 0 atom stereocenters. The van der Waals surface area contributed by atoms with Gasteiger partial charge in [-0.2, -0.15) is 0 Å². The zero-order chi connectivity index (χ0) is 16.7. The van der Waals surface area contributed by atoms with Crippen LogP contribution in [0.2, 0.25) is 0 Å². The maximum atomic E-state index is 6.29. The third-order valence-electron chi connectivity index (χ3n) is 4.08. The molecule has 2 heteroatoms. The molecule has 0 bridgehead atoms. The number of benzene rings is 2. The maximum absolute atomic E-state index is 6.29. The van der Waals surface area contributed by atoms with Gasteiger partial charge in [0.25, 0.3) is 0 Å². The van der Waals surface area contributed by atoms with Crippen LogP contribution in [0.5, 0.6) is 0 Å². The summed E-state index contributed by atoms with van der Waals surface area (Å²) in [5.74, 6) is 2.69. The van der Waals surface area contributed by atoms with Gasteiger partial charge in [0.1, 0.15) is 0 Å². The summed E-state index contributed by atoms with van der Waals surface area (Å²) in [7, 11) is 1.95. The van der Waals surface area contributed by atoms with Gasteiger partial charge >= 0.3 is 0 Å². The molecule has 2 nitrogen and oxygen atoms in total. The Balaban J connectivity index is 2.30. The smallest absolute Gasteiger partial charge is 0.0420 e. The van der Waals surface area contributed by atoms with Gasteiger partial charge < -0.3 is 11.1 Å². The van der Waals surface area contributed by atoms with Crippen molar-refractivity contribution in [1.82, 2.24) is 0 Å². The van der Waals surface area contributed by atoms with Crippen molar-refractivity contribution in [3.63, 3.8) is 0 Å². The molecule has 3 N–H and O–H groups in total. The third kappa shape index (κ3) is 4.29. The highest BCUT2D eigenvalue weighted by Crippen LogP contribution is 2.33. The molecule has 0 aromatic heterocycles. The van der Waals surface area contributed by atoms with Crippen molar-refractivity contribution in [2.45, 2.75) is 39.0 Å². The molecule has 0 aliphatic heterocycles. The number of nitrogens with two attached hydrogens (primary N) is 1. The van der Waals surface area contributed by atoms with Crippen molar-refractivity contribution in [2.75, 3.05) is 18.1 Å². The molecule has 0 fully saturated rings. The highest BCUT2D eigenvalue weighted by Gasteiger charge is 2.09. The van der Waals surface area contributed by atoms with Crippen molar-refractivity contribution >= 4 is 11.4 Å². The number of terminal acetylenes is 1. The lowest BCUT2D eigenvalue weighted by Crippen LogP contribution is -1.98. The molecule has 0 aliphatic carbocycles. The molecule has 0 unspecified atom stereocenters. The summed E-state index contributed by atoms with van der Waals surface area (Å²) in [5.41, 5.74) is 13.1. The second-order valence-electron chi connectivity index (χ2n) is 5.86. The molecular formula is C21H26N2. The van der Waals surface area contributed by atoms with Gasteiger partial charge in [-0.3, -0.25) is 0 Å². The van der Waals surface area contributed by atoms with Crippen LogP contribution in [0, 0.1) is 12.3 Å². The largest absolute Gasteiger partial charge is 0.398 e. The minimum Gasteiger partial charge on any atom is -0.398 e. The van der Waals surface area contributed by atoms with E-state index in [4.69, 9.17) is 12.2 Å². The number of rotatable bonds is 7. The van der Waals surface area contributed by atoms with Crippen molar-refractivity contribution < 1.29 is 0 Å². The van der Waals surface area contributed by atoms with E-state index in [1.54, 1.807) is 0 Å². The molecule has 0 spiro atoms. The van der Waals surface area contributed by atoms with Crippen molar-refractivity contribution in [3.05, 3.63) is 47.5 Å². The van der Waals surface area contributed by atoms with Gasteiger partial charge in [-0.15, -0.1) is 12.3 Å². The van der Waals surface area contributed by atoms with E-state index in [0.29, 0.717) is 0 Å². The summed E-state index contributed by atoms with van der Waals surface area (Å²) in [6, 6.07) is 12.9. The average molecular weight is 306 g/mol. The number of nitrogens with one attached hydrogen (secondary N) is 1. The second-order valence-corrected chi connectivity index (χ2v) is 5.86. The van der Waals surface area contributed by atoms with Crippen molar-refractivity contribution in [2.24, 2.45) is 0 Å². The minimum absolute atomic E-state index is 0.822. The lowest BCUT2D eigenvalue weighted by atomic mass is 9.96. The van der Waals surface area contributed by atoms with E-state index in [-0.39, 0.29) is 0 Å². The zero-order valence-electron chi connectivity index (χ0n) is 14.2. The standard InChI is InChI=1S/C21H26N2/c1-4-6-7-9-17-11-13-19(21(15-17)23-3)18-12-10-16(8-5-2)14-20(18)22/h1,10-15,23H,5-9,22H2,2-3H3. The van der Waals surface area contributed by atoms with Crippen LogP contribution in [0.25, 0.3) is 11.1 Å². The zero-order valence-corrected chi connectivity index (χ0v) is 14.2. The minimum atomic E-state index is 0.822. The number of nitrogen functional groups attached to an aromatic ring is 1. The van der Waals surface area contributed by atoms with E-state index in [1.807, 2.05) is 7.05 Å². The van der Waals surface area contributed by atoms with Crippen LogP contribution in [0.3, 0.4) is 0 Å². The molecule has 0 amide bonds. The van der Waals surface area contributed by atoms with Crippen molar-refractivity contribution in [3.8, 4) is 23.5 Å². The van der Waals surface area contributed by atoms with Crippen LogP contribution in [0.1, 0.15) is 37.3 Å². The van der Waals surface area contributed by atoms with E-state index >= 15 is 0 Å². The molecule has 120 valence electrons. The number of hydrogen-bond donors (Lipinski definition) is 2. The second kappa shape index (κ2) is 8.29. The molecule has 0 radical (unpaired) electrons. The third-order valence-corrected chi connectivity index (χ3v) is 4.08. The van der Waals surface area contributed by atoms with E-state index in [2.05, 4.69) is 54.6 Å². The first-order valence-electron chi connectivity index (χ1n) is 8.32. The van der Waals surface area contributed by atoms with Gasteiger partial charge in [0, 0.05) is 36.0 Å².